The van der Waals surface area contributed by atoms with Gasteiger partial charge in [-0.2, -0.15) is 0 Å². The molecular weight excluding hydrogens is 190 g/mol. The van der Waals surface area contributed by atoms with Gasteiger partial charge >= 0.3 is 0 Å². The van der Waals surface area contributed by atoms with E-state index in [0.29, 0.717) is 0 Å². The number of amides is 1. The van der Waals surface area contributed by atoms with Crippen LogP contribution in [0, 0.1) is 0 Å². The Kier molecular flexibility index (Phi) is 5.82. The molecule has 14 heavy (non-hydrogen) atoms. The summed E-state index contributed by atoms with van der Waals surface area (Å²) in [6.45, 7) is 1.06. The first-order valence-electron chi connectivity index (χ1n) is 4.26. The molecule has 0 heterocycles. The van der Waals surface area contributed by atoms with Crippen LogP contribution in [0.1, 0.15) is 19.8 Å². The Morgan fingerprint density at radius 2 is 2.07 bits per heavy atom. The summed E-state index contributed by atoms with van der Waals surface area (Å²) in [7, 11) is 0. The minimum atomic E-state index is -1.45. The zero-order valence-electron chi connectivity index (χ0n) is 7.90. The van der Waals surface area contributed by atoms with E-state index in [0.717, 1.165) is 0 Å². The zero-order chi connectivity index (χ0) is 11.1. The van der Waals surface area contributed by atoms with Crippen molar-refractivity contribution in [2.75, 3.05) is 6.61 Å². The normalized spacial score (nSPS) is 14.5. The minimum Gasteiger partial charge on any atom is -0.548 e. The van der Waals surface area contributed by atoms with Crippen molar-refractivity contribution in [3.05, 3.63) is 0 Å². The van der Waals surface area contributed by atoms with Crippen molar-refractivity contribution in [2.24, 2.45) is 0 Å². The quantitative estimate of drug-likeness (QED) is 0.438. The van der Waals surface area contributed by atoms with Crippen molar-refractivity contribution < 1.29 is 24.9 Å². The third-order valence-corrected chi connectivity index (χ3v) is 1.52. The Morgan fingerprint density at radius 3 is 2.43 bits per heavy atom. The van der Waals surface area contributed by atoms with E-state index in [9.17, 15) is 14.7 Å². The van der Waals surface area contributed by atoms with E-state index in [2.05, 4.69) is 5.32 Å². The van der Waals surface area contributed by atoms with Crippen LogP contribution in [0.2, 0.25) is 0 Å². The zero-order valence-corrected chi connectivity index (χ0v) is 7.90. The summed E-state index contributed by atoms with van der Waals surface area (Å²) in [6.07, 6.45) is -1.10. The van der Waals surface area contributed by atoms with Crippen molar-refractivity contribution >= 4 is 11.9 Å². The maximum atomic E-state index is 11.0. The average molecular weight is 204 g/mol. The second-order valence-corrected chi connectivity index (χ2v) is 3.00. The molecule has 6 nitrogen and oxygen atoms in total. The minimum absolute atomic E-state index is 0.103. The maximum Gasteiger partial charge on any atom is 0.223 e. The lowest BCUT2D eigenvalue weighted by Gasteiger charge is -2.18. The molecule has 0 unspecified atom stereocenters. The van der Waals surface area contributed by atoms with Crippen LogP contribution in [0.4, 0.5) is 0 Å². The van der Waals surface area contributed by atoms with Gasteiger partial charge in [0.25, 0.3) is 0 Å². The highest BCUT2D eigenvalue weighted by molar-refractivity contribution is 5.82. The Labute approximate surface area is 81.5 Å². The molecule has 1 amide bonds. The van der Waals surface area contributed by atoms with Crippen LogP contribution in [0.3, 0.4) is 0 Å². The summed E-state index contributed by atoms with van der Waals surface area (Å²) >= 11 is 0. The number of hydrogen-bond acceptors (Lipinski definition) is 5. The number of nitrogens with one attached hydrogen (secondary N) is 1. The Hall–Kier alpha value is -1.14. The number of carboxylic acids is 1. The third-order valence-electron chi connectivity index (χ3n) is 1.52. The van der Waals surface area contributed by atoms with Gasteiger partial charge in [0.05, 0.1) is 24.5 Å². The largest absolute Gasteiger partial charge is 0.548 e. The van der Waals surface area contributed by atoms with Crippen LogP contribution < -0.4 is 10.4 Å². The first kappa shape index (κ1) is 12.9. The number of aliphatic hydroxyl groups excluding tert-OH is 2. The molecule has 82 valence electrons. The molecule has 0 rings (SSSR count). The predicted octanol–water partition coefficient (Wildman–Crippen LogP) is -2.63. The fraction of sp³-hybridized carbons (Fsp3) is 0.750. The highest BCUT2D eigenvalue weighted by Gasteiger charge is 2.13. The van der Waals surface area contributed by atoms with Gasteiger partial charge in [0.2, 0.25) is 5.91 Å². The second kappa shape index (κ2) is 6.33. The molecule has 0 aliphatic carbocycles. The topological polar surface area (TPSA) is 110 Å². The fourth-order valence-electron chi connectivity index (χ4n) is 0.900. The van der Waals surface area contributed by atoms with Gasteiger partial charge in [-0.1, -0.05) is 0 Å². The highest BCUT2D eigenvalue weighted by Crippen LogP contribution is 1.94. The van der Waals surface area contributed by atoms with E-state index in [1.54, 1.807) is 0 Å². The van der Waals surface area contributed by atoms with Crippen LogP contribution in [-0.2, 0) is 9.59 Å². The molecule has 6 heteroatoms. The van der Waals surface area contributed by atoms with Gasteiger partial charge in [-0.3, -0.25) is 4.79 Å². The number of carbonyl (C=O) groups is 2. The van der Waals surface area contributed by atoms with E-state index < -0.39 is 24.0 Å². The van der Waals surface area contributed by atoms with Crippen molar-refractivity contribution in [1.29, 1.82) is 0 Å². The third kappa shape index (κ3) is 5.50. The molecule has 0 saturated carbocycles. The van der Waals surface area contributed by atoms with Gasteiger partial charge in [0.15, 0.2) is 0 Å². The van der Waals surface area contributed by atoms with Gasteiger partial charge < -0.3 is 25.4 Å². The van der Waals surface area contributed by atoms with E-state index in [1.807, 2.05) is 0 Å². The summed E-state index contributed by atoms with van der Waals surface area (Å²) in [4.78, 5) is 21.4. The average Bonchev–Trinajstić information content (AvgIpc) is 2.01. The van der Waals surface area contributed by atoms with Crippen molar-refractivity contribution in [2.45, 2.75) is 31.9 Å². The highest BCUT2D eigenvalue weighted by atomic mass is 16.4. The van der Waals surface area contributed by atoms with E-state index in [1.165, 1.54) is 6.92 Å². The molecule has 2 atom stereocenters. The Balaban J connectivity index is 4.02. The molecule has 0 aliphatic rings. The molecule has 0 saturated heterocycles. The lowest BCUT2D eigenvalue weighted by Crippen LogP contribution is -2.48. The molecule has 0 aromatic heterocycles. The van der Waals surface area contributed by atoms with Crippen LogP contribution in [-0.4, -0.2) is 40.8 Å². The van der Waals surface area contributed by atoms with Gasteiger partial charge in [0.1, 0.15) is 0 Å². The number of rotatable bonds is 6. The number of carboxylic acid groups (broad SMARTS) is 1. The summed E-state index contributed by atoms with van der Waals surface area (Å²) in [6, 6.07) is -1.20. The van der Waals surface area contributed by atoms with Gasteiger partial charge in [-0.15, -0.1) is 0 Å². The standard InChI is InChI=1S/C8H15NO5/c1-5(11)4-7(12)9-6(2-3-10)8(13)14/h5-6,10-11H,2-4H2,1H3,(H,9,12)(H,13,14)/p-1/t5-,6+/m1/s1. The summed E-state index contributed by atoms with van der Waals surface area (Å²) in [5.74, 6) is -2.03. The SMILES string of the molecule is C[C@@H](O)CC(=O)N[C@@H](CCO)C(=O)[O-]. The summed E-state index contributed by atoms with van der Waals surface area (Å²) < 4.78 is 0. The number of aliphatic carboxylic acids is 1. The lowest BCUT2D eigenvalue weighted by atomic mass is 10.2. The smallest absolute Gasteiger partial charge is 0.223 e. The van der Waals surface area contributed by atoms with Crippen LogP contribution in [0.25, 0.3) is 0 Å². The molecular formula is C8H14NO5-. The first-order chi connectivity index (χ1) is 6.47. The van der Waals surface area contributed by atoms with Gasteiger partial charge in [-0.05, 0) is 13.3 Å². The lowest BCUT2D eigenvalue weighted by molar-refractivity contribution is -0.308. The number of aliphatic hydroxyl groups is 2. The molecule has 3 N–H and O–H groups in total. The van der Waals surface area contributed by atoms with Crippen LogP contribution >= 0.6 is 0 Å². The van der Waals surface area contributed by atoms with E-state index in [-0.39, 0.29) is 19.4 Å². The molecule has 0 aliphatic heterocycles. The molecule has 0 bridgehead atoms. The first-order valence-corrected chi connectivity index (χ1v) is 4.26. The molecule has 0 fully saturated rings. The molecule has 0 aromatic carbocycles. The number of carbonyl (C=O) groups excluding carboxylic acids is 2. The van der Waals surface area contributed by atoms with Gasteiger partial charge in [0, 0.05) is 6.61 Å². The monoisotopic (exact) mass is 204 g/mol. The van der Waals surface area contributed by atoms with Crippen molar-refractivity contribution in [1.82, 2.24) is 5.32 Å². The van der Waals surface area contributed by atoms with Crippen LogP contribution in [0.15, 0.2) is 0 Å². The predicted molar refractivity (Wildman–Crippen MR) is 44.9 cm³/mol. The molecule has 0 aromatic rings. The number of hydrogen-bond donors (Lipinski definition) is 3. The summed E-state index contributed by atoms with van der Waals surface area (Å²) in [5.41, 5.74) is 0. The Bertz CT molecular complexity index is 204. The molecule has 0 spiro atoms. The van der Waals surface area contributed by atoms with Crippen molar-refractivity contribution in [3.8, 4) is 0 Å². The molecule has 0 radical (unpaired) electrons. The fourth-order valence-corrected chi connectivity index (χ4v) is 0.900. The Morgan fingerprint density at radius 1 is 1.50 bits per heavy atom. The van der Waals surface area contributed by atoms with Gasteiger partial charge in [-0.25, -0.2) is 0 Å². The van der Waals surface area contributed by atoms with E-state index in [4.69, 9.17) is 10.2 Å². The van der Waals surface area contributed by atoms with Crippen molar-refractivity contribution in [3.63, 3.8) is 0 Å². The van der Waals surface area contributed by atoms with Crippen LogP contribution in [0.5, 0.6) is 0 Å². The maximum absolute atomic E-state index is 11.0. The second-order valence-electron chi connectivity index (χ2n) is 3.00. The van der Waals surface area contributed by atoms with E-state index >= 15 is 0 Å². The summed E-state index contributed by atoms with van der Waals surface area (Å²) in [5, 5.41) is 29.9.